The average Bonchev–Trinajstić information content (AvgIpc) is 3.33. The Bertz CT molecular complexity index is 1120. The molecule has 8 heteroatoms. The van der Waals surface area contributed by atoms with Crippen molar-refractivity contribution in [1.29, 1.82) is 0 Å². The van der Waals surface area contributed by atoms with Gasteiger partial charge in [0.05, 0.1) is 17.2 Å². The third-order valence-electron chi connectivity index (χ3n) is 6.43. The van der Waals surface area contributed by atoms with E-state index in [1.165, 1.54) is 12.1 Å². The van der Waals surface area contributed by atoms with E-state index in [4.69, 9.17) is 14.8 Å². The van der Waals surface area contributed by atoms with E-state index in [2.05, 4.69) is 10.2 Å². The predicted octanol–water partition coefficient (Wildman–Crippen LogP) is 3.30. The summed E-state index contributed by atoms with van der Waals surface area (Å²) >= 11 is 0. The van der Waals surface area contributed by atoms with Gasteiger partial charge in [-0.2, -0.15) is 0 Å². The SMILES string of the molecule is O=C1Nc2ccc(F)cc2C1=C1OCc2nc(CCCN3CCC(C(=O)O)CC3)ccc21. The van der Waals surface area contributed by atoms with Gasteiger partial charge in [-0.3, -0.25) is 14.6 Å². The molecule has 3 aliphatic rings. The van der Waals surface area contributed by atoms with Crippen LogP contribution in [-0.4, -0.2) is 46.5 Å². The van der Waals surface area contributed by atoms with Gasteiger partial charge < -0.3 is 20.1 Å². The molecule has 1 fully saturated rings. The second-order valence-corrected chi connectivity index (χ2v) is 8.49. The normalized spacial score (nSPS) is 20.6. The summed E-state index contributed by atoms with van der Waals surface area (Å²) in [5.74, 6) is -1.16. The van der Waals surface area contributed by atoms with Gasteiger partial charge in [-0.25, -0.2) is 4.39 Å². The van der Waals surface area contributed by atoms with Crippen molar-refractivity contribution in [2.45, 2.75) is 32.3 Å². The summed E-state index contributed by atoms with van der Waals surface area (Å²) in [6, 6.07) is 8.09. The highest BCUT2D eigenvalue weighted by atomic mass is 19.1. The molecule has 2 aromatic rings. The van der Waals surface area contributed by atoms with E-state index in [1.54, 1.807) is 6.07 Å². The van der Waals surface area contributed by atoms with E-state index in [0.29, 0.717) is 35.4 Å². The predicted molar refractivity (Wildman–Crippen MR) is 116 cm³/mol. The molecule has 4 heterocycles. The minimum Gasteiger partial charge on any atom is -0.486 e. The number of halogens is 1. The molecule has 7 nitrogen and oxygen atoms in total. The van der Waals surface area contributed by atoms with Crippen molar-refractivity contribution in [1.82, 2.24) is 9.88 Å². The smallest absolute Gasteiger partial charge is 0.306 e. The molecule has 1 amide bonds. The Kier molecular flexibility index (Phi) is 5.38. The van der Waals surface area contributed by atoms with Crippen LogP contribution in [0.5, 0.6) is 0 Å². The number of carboxylic acid groups (broad SMARTS) is 1. The first-order chi connectivity index (χ1) is 15.5. The van der Waals surface area contributed by atoms with Gasteiger partial charge in [0.1, 0.15) is 18.2 Å². The molecule has 166 valence electrons. The number of hydrogen-bond donors (Lipinski definition) is 2. The van der Waals surface area contributed by atoms with Crippen LogP contribution in [0.2, 0.25) is 0 Å². The van der Waals surface area contributed by atoms with Gasteiger partial charge >= 0.3 is 5.97 Å². The molecule has 3 aliphatic heterocycles. The van der Waals surface area contributed by atoms with Crippen molar-refractivity contribution < 1.29 is 23.8 Å². The third kappa shape index (κ3) is 3.86. The number of carbonyl (C=O) groups excluding carboxylic acids is 1. The Morgan fingerprint density at radius 2 is 2.03 bits per heavy atom. The summed E-state index contributed by atoms with van der Waals surface area (Å²) in [7, 11) is 0. The molecule has 1 aromatic carbocycles. The Labute approximate surface area is 184 Å². The maximum atomic E-state index is 13.8. The molecule has 0 spiro atoms. The molecule has 1 aromatic heterocycles. The number of nitrogens with one attached hydrogen (secondary N) is 1. The zero-order chi connectivity index (χ0) is 22.2. The highest BCUT2D eigenvalue weighted by molar-refractivity contribution is 6.36. The zero-order valence-corrected chi connectivity index (χ0v) is 17.6. The minimum absolute atomic E-state index is 0.210. The fraction of sp³-hybridized carbons (Fsp3) is 0.375. The summed E-state index contributed by atoms with van der Waals surface area (Å²) in [5.41, 5.74) is 3.94. The first-order valence-electron chi connectivity index (χ1n) is 10.9. The van der Waals surface area contributed by atoms with Crippen LogP contribution in [0.1, 0.15) is 41.8 Å². The highest BCUT2D eigenvalue weighted by Crippen LogP contribution is 2.41. The number of nitrogens with zero attached hydrogens (tertiary/aromatic N) is 2. The molecule has 0 atom stereocenters. The number of aliphatic carboxylic acids is 1. The number of aryl methyl sites for hydroxylation is 1. The van der Waals surface area contributed by atoms with Gasteiger partial charge in [0.25, 0.3) is 5.91 Å². The molecule has 0 saturated carbocycles. The maximum absolute atomic E-state index is 13.8. The van der Waals surface area contributed by atoms with Crippen molar-refractivity contribution >= 4 is 28.9 Å². The topological polar surface area (TPSA) is 91.8 Å². The van der Waals surface area contributed by atoms with Crippen molar-refractivity contribution in [2.24, 2.45) is 5.92 Å². The molecular formula is C24H24FN3O4. The number of amides is 1. The van der Waals surface area contributed by atoms with Gasteiger partial charge in [0.2, 0.25) is 0 Å². The van der Waals surface area contributed by atoms with Crippen LogP contribution in [0, 0.1) is 11.7 Å². The Balaban J connectivity index is 1.26. The van der Waals surface area contributed by atoms with Crippen molar-refractivity contribution in [3.8, 4) is 0 Å². The van der Waals surface area contributed by atoms with Gasteiger partial charge in [-0.15, -0.1) is 0 Å². The monoisotopic (exact) mass is 437 g/mol. The number of carboxylic acids is 1. The van der Waals surface area contributed by atoms with Crippen LogP contribution in [-0.2, 0) is 27.4 Å². The molecule has 0 unspecified atom stereocenters. The number of fused-ring (bicyclic) bond motifs is 2. The van der Waals surface area contributed by atoms with Crippen molar-refractivity contribution in [2.75, 3.05) is 25.0 Å². The van der Waals surface area contributed by atoms with E-state index in [1.807, 2.05) is 12.1 Å². The Morgan fingerprint density at radius 3 is 2.81 bits per heavy atom. The van der Waals surface area contributed by atoms with Crippen LogP contribution in [0.25, 0.3) is 11.3 Å². The van der Waals surface area contributed by atoms with E-state index >= 15 is 0 Å². The number of rotatable bonds is 5. The van der Waals surface area contributed by atoms with Crippen LogP contribution < -0.4 is 5.32 Å². The van der Waals surface area contributed by atoms with Crippen LogP contribution >= 0.6 is 0 Å². The van der Waals surface area contributed by atoms with Gasteiger partial charge in [-0.05, 0) is 75.6 Å². The van der Waals surface area contributed by atoms with Gasteiger partial charge in [0.15, 0.2) is 0 Å². The Morgan fingerprint density at radius 1 is 1.22 bits per heavy atom. The van der Waals surface area contributed by atoms with Gasteiger partial charge in [-0.1, -0.05) is 0 Å². The lowest BCUT2D eigenvalue weighted by Gasteiger charge is -2.29. The molecule has 0 radical (unpaired) electrons. The lowest BCUT2D eigenvalue weighted by molar-refractivity contribution is -0.143. The average molecular weight is 437 g/mol. The summed E-state index contributed by atoms with van der Waals surface area (Å²) in [5, 5.41) is 11.9. The molecule has 0 aliphatic carbocycles. The third-order valence-corrected chi connectivity index (χ3v) is 6.43. The van der Waals surface area contributed by atoms with E-state index < -0.39 is 11.8 Å². The number of carbonyl (C=O) groups is 2. The zero-order valence-electron chi connectivity index (χ0n) is 17.6. The highest BCUT2D eigenvalue weighted by Gasteiger charge is 2.33. The fourth-order valence-electron chi connectivity index (χ4n) is 4.68. The lowest BCUT2D eigenvalue weighted by Crippen LogP contribution is -2.36. The number of ether oxygens (including phenoxy) is 1. The van der Waals surface area contributed by atoms with E-state index in [-0.39, 0.29) is 18.4 Å². The molecule has 2 N–H and O–H groups in total. The number of piperidine rings is 1. The first-order valence-corrected chi connectivity index (χ1v) is 10.9. The van der Waals surface area contributed by atoms with Gasteiger partial charge in [0, 0.05) is 22.5 Å². The molecule has 5 rings (SSSR count). The molecule has 1 saturated heterocycles. The summed E-state index contributed by atoms with van der Waals surface area (Å²) in [6.45, 7) is 2.84. The molecular weight excluding hydrogens is 413 g/mol. The van der Waals surface area contributed by atoms with Crippen LogP contribution in [0.4, 0.5) is 10.1 Å². The summed E-state index contributed by atoms with van der Waals surface area (Å²) in [6.07, 6.45) is 3.17. The second kappa shape index (κ2) is 8.35. The molecule has 0 bridgehead atoms. The standard InChI is InChI=1S/C24H24FN3O4/c25-15-3-6-19-18(12-15)21(23(29)27-19)22-17-5-4-16(26-20(17)13-32-22)2-1-9-28-10-7-14(8-11-28)24(30)31/h3-6,12,14H,1-2,7-11,13H2,(H,27,29)(H,30,31). The first kappa shape index (κ1) is 20.6. The largest absolute Gasteiger partial charge is 0.486 e. The fourth-order valence-corrected chi connectivity index (χ4v) is 4.68. The minimum atomic E-state index is -0.688. The Hall–Kier alpha value is -3.26. The van der Waals surface area contributed by atoms with Crippen LogP contribution in [0.3, 0.4) is 0 Å². The van der Waals surface area contributed by atoms with Crippen molar-refractivity contribution in [3.63, 3.8) is 0 Å². The van der Waals surface area contributed by atoms with Crippen molar-refractivity contribution in [3.05, 3.63) is 58.7 Å². The lowest BCUT2D eigenvalue weighted by atomic mass is 9.97. The molecule has 32 heavy (non-hydrogen) atoms. The summed E-state index contributed by atoms with van der Waals surface area (Å²) in [4.78, 5) is 30.6. The number of aromatic nitrogens is 1. The summed E-state index contributed by atoms with van der Waals surface area (Å²) < 4.78 is 19.6. The number of benzene rings is 1. The number of hydrogen-bond acceptors (Lipinski definition) is 5. The van der Waals surface area contributed by atoms with Crippen LogP contribution in [0.15, 0.2) is 30.3 Å². The van der Waals surface area contributed by atoms with E-state index in [9.17, 15) is 14.0 Å². The quantitative estimate of drug-likeness (QED) is 0.698. The number of likely N-dealkylation sites (tertiary alicyclic amines) is 1. The van der Waals surface area contributed by atoms with E-state index in [0.717, 1.165) is 49.4 Å². The maximum Gasteiger partial charge on any atom is 0.306 e. The second-order valence-electron chi connectivity index (χ2n) is 8.49. The number of pyridine rings is 1. The number of anilines is 1.